The lowest BCUT2D eigenvalue weighted by Gasteiger charge is -2.20. The molecule has 1 rings (SSSR count). The summed E-state index contributed by atoms with van der Waals surface area (Å²) in [6, 6.07) is 8.65. The van der Waals surface area contributed by atoms with Gasteiger partial charge in [0.15, 0.2) is 0 Å². The van der Waals surface area contributed by atoms with E-state index in [0.717, 1.165) is 0 Å². The van der Waals surface area contributed by atoms with Gasteiger partial charge in [0.2, 0.25) is 0 Å². The molecule has 0 spiro atoms. The fourth-order valence-electron chi connectivity index (χ4n) is 2.24. The molecule has 160 valence electrons. The maximum atomic E-state index is 12.1. The Kier molecular flexibility index (Phi) is 9.01. The zero-order valence-electron chi connectivity index (χ0n) is 18.1. The fraction of sp³-hybridized carbons (Fsp3) is 0.545. The number of carbonyl (C=O) groups is 3. The molecule has 1 aromatic carbocycles. The van der Waals surface area contributed by atoms with Crippen LogP contribution < -0.4 is 0 Å². The molecule has 0 N–H and O–H groups in total. The number of hydrogen-bond acceptors (Lipinski definition) is 6. The molecule has 0 heterocycles. The Morgan fingerprint density at radius 1 is 0.897 bits per heavy atom. The molecule has 29 heavy (non-hydrogen) atoms. The van der Waals surface area contributed by atoms with Crippen LogP contribution in [0.2, 0.25) is 0 Å². The van der Waals surface area contributed by atoms with Gasteiger partial charge in [-0.05, 0) is 66.5 Å². The van der Waals surface area contributed by atoms with E-state index in [0.29, 0.717) is 24.1 Å². The molecule has 7 heteroatoms. The van der Waals surface area contributed by atoms with Crippen LogP contribution in [-0.4, -0.2) is 41.6 Å². The van der Waals surface area contributed by atoms with Gasteiger partial charge < -0.3 is 14.2 Å². The van der Waals surface area contributed by atoms with Crippen LogP contribution in [0.3, 0.4) is 0 Å². The Bertz CT molecular complexity index is 726. The average molecular weight is 405 g/mol. The van der Waals surface area contributed by atoms with Crippen LogP contribution in [0.4, 0.5) is 4.79 Å². The van der Waals surface area contributed by atoms with Gasteiger partial charge in [-0.15, -0.1) is 0 Å². The predicted molar refractivity (Wildman–Crippen MR) is 110 cm³/mol. The molecule has 0 aliphatic rings. The van der Waals surface area contributed by atoms with Gasteiger partial charge in [-0.25, -0.2) is 9.59 Å². The van der Waals surface area contributed by atoms with Crippen molar-refractivity contribution >= 4 is 23.7 Å². The summed E-state index contributed by atoms with van der Waals surface area (Å²) in [5, 5.41) is 0. The van der Waals surface area contributed by atoms with Crippen molar-refractivity contribution < 1.29 is 28.6 Å². The molecule has 0 fully saturated rings. The van der Waals surface area contributed by atoms with Gasteiger partial charge in [0.1, 0.15) is 11.2 Å². The van der Waals surface area contributed by atoms with Crippen LogP contribution in [0.5, 0.6) is 0 Å². The lowest BCUT2D eigenvalue weighted by atomic mass is 10.1. The van der Waals surface area contributed by atoms with E-state index >= 15 is 0 Å². The molecule has 1 amide bonds. The summed E-state index contributed by atoms with van der Waals surface area (Å²) in [4.78, 5) is 40.0. The zero-order chi connectivity index (χ0) is 22.1. The van der Waals surface area contributed by atoms with Crippen LogP contribution in [0.25, 0.3) is 0 Å². The molecular weight excluding hydrogens is 374 g/mol. The van der Waals surface area contributed by atoms with Crippen molar-refractivity contribution in [2.45, 2.75) is 72.0 Å². The Balaban J connectivity index is 2.66. The summed E-state index contributed by atoms with van der Waals surface area (Å²) in [6.45, 7) is 10.6. The number of aliphatic imine (C=N–C) groups is 1. The van der Waals surface area contributed by atoms with Gasteiger partial charge in [-0.3, -0.25) is 4.79 Å². The first kappa shape index (κ1) is 24.3. The molecule has 0 aliphatic heterocycles. The van der Waals surface area contributed by atoms with Crippen molar-refractivity contribution in [1.82, 2.24) is 0 Å². The summed E-state index contributed by atoms with van der Waals surface area (Å²) in [7, 11) is 0. The average Bonchev–Trinajstić information content (AvgIpc) is 2.55. The molecule has 0 saturated carbocycles. The molecule has 0 bridgehead atoms. The summed E-state index contributed by atoms with van der Waals surface area (Å²) < 4.78 is 15.7. The number of benzene rings is 1. The molecule has 0 aliphatic carbocycles. The monoisotopic (exact) mass is 405 g/mol. The van der Waals surface area contributed by atoms with Crippen molar-refractivity contribution in [2.24, 2.45) is 4.99 Å². The van der Waals surface area contributed by atoms with Crippen LogP contribution in [0, 0.1) is 0 Å². The number of ether oxygens (including phenoxy) is 3. The number of hydrogen-bond donors (Lipinski definition) is 0. The molecule has 0 atom stereocenters. The minimum absolute atomic E-state index is 0.134. The minimum atomic E-state index is -0.766. The highest BCUT2D eigenvalue weighted by Crippen LogP contribution is 2.13. The van der Waals surface area contributed by atoms with E-state index in [4.69, 9.17) is 14.2 Å². The van der Waals surface area contributed by atoms with Crippen LogP contribution in [0.15, 0.2) is 35.3 Å². The van der Waals surface area contributed by atoms with Crippen LogP contribution >= 0.6 is 0 Å². The summed E-state index contributed by atoms with van der Waals surface area (Å²) >= 11 is 0. The molecular formula is C22H31NO6. The quantitative estimate of drug-likeness (QED) is 0.282. The van der Waals surface area contributed by atoms with E-state index in [1.165, 1.54) is 0 Å². The van der Waals surface area contributed by atoms with Gasteiger partial charge in [0.05, 0.1) is 18.6 Å². The number of rotatable bonds is 7. The van der Waals surface area contributed by atoms with Crippen molar-refractivity contribution in [3.05, 3.63) is 35.9 Å². The topological polar surface area (TPSA) is 91.3 Å². The highest BCUT2D eigenvalue weighted by Gasteiger charge is 2.20. The molecule has 0 saturated heterocycles. The third-order valence-corrected chi connectivity index (χ3v) is 3.26. The summed E-state index contributed by atoms with van der Waals surface area (Å²) in [5.41, 5.74) is -0.546. The van der Waals surface area contributed by atoms with Crippen molar-refractivity contribution in [3.8, 4) is 0 Å². The highest BCUT2D eigenvalue weighted by atomic mass is 16.6. The van der Waals surface area contributed by atoms with E-state index in [-0.39, 0.29) is 13.0 Å². The first-order valence-corrected chi connectivity index (χ1v) is 9.59. The highest BCUT2D eigenvalue weighted by molar-refractivity contribution is 6.03. The van der Waals surface area contributed by atoms with E-state index in [2.05, 4.69) is 4.99 Å². The second-order valence-electron chi connectivity index (χ2n) is 8.53. The van der Waals surface area contributed by atoms with Gasteiger partial charge in [0.25, 0.3) is 0 Å². The molecule has 0 radical (unpaired) electrons. The molecule has 1 aromatic rings. The normalized spacial score (nSPS) is 12.3. The van der Waals surface area contributed by atoms with Crippen molar-refractivity contribution in [1.29, 1.82) is 0 Å². The lowest BCUT2D eigenvalue weighted by molar-refractivity contribution is -0.153. The van der Waals surface area contributed by atoms with Crippen LogP contribution in [-0.2, 0) is 19.0 Å². The summed E-state index contributed by atoms with van der Waals surface area (Å²) in [6.07, 6.45) is -0.204. The Hall–Kier alpha value is -2.70. The van der Waals surface area contributed by atoms with Gasteiger partial charge >= 0.3 is 18.0 Å². The Morgan fingerprint density at radius 2 is 1.48 bits per heavy atom. The number of amides is 1. The van der Waals surface area contributed by atoms with Crippen LogP contribution in [0.1, 0.15) is 71.2 Å². The first-order valence-electron chi connectivity index (χ1n) is 9.59. The molecule has 0 aromatic heterocycles. The largest absolute Gasteiger partial charge is 0.462 e. The van der Waals surface area contributed by atoms with Gasteiger partial charge in [-0.1, -0.05) is 18.2 Å². The van der Waals surface area contributed by atoms with E-state index in [1.807, 2.05) is 6.07 Å². The second-order valence-corrected chi connectivity index (χ2v) is 8.53. The maximum absolute atomic E-state index is 12.1. The zero-order valence-corrected chi connectivity index (χ0v) is 18.1. The Morgan fingerprint density at radius 3 is 2.03 bits per heavy atom. The SMILES string of the molecule is CC(C)(C)OC(=O)CC(CCCOC(=O)c1ccccc1)=NC(=O)OC(C)(C)C. The first-order chi connectivity index (χ1) is 13.4. The van der Waals surface area contributed by atoms with Crippen molar-refractivity contribution in [2.75, 3.05) is 6.61 Å². The molecule has 0 unspecified atom stereocenters. The number of carbonyl (C=O) groups excluding carboxylic acids is 3. The standard InChI is InChI=1S/C22H31NO6/c1-21(2,3)28-18(24)15-17(23-20(26)29-22(4,5)6)13-10-14-27-19(25)16-11-8-7-9-12-16/h7-9,11-12H,10,13-15H2,1-6H3. The third kappa shape index (κ3) is 11.7. The van der Waals surface area contributed by atoms with E-state index < -0.39 is 29.2 Å². The van der Waals surface area contributed by atoms with Gasteiger partial charge in [-0.2, -0.15) is 4.99 Å². The number of nitrogens with zero attached hydrogens (tertiary/aromatic N) is 1. The number of esters is 2. The molecule has 7 nitrogen and oxygen atoms in total. The van der Waals surface area contributed by atoms with Crippen molar-refractivity contribution in [3.63, 3.8) is 0 Å². The summed E-state index contributed by atoms with van der Waals surface area (Å²) in [5.74, 6) is -0.913. The Labute approximate surface area is 172 Å². The van der Waals surface area contributed by atoms with E-state index in [1.54, 1.807) is 65.8 Å². The smallest absolute Gasteiger partial charge is 0.434 e. The fourth-order valence-corrected chi connectivity index (χ4v) is 2.24. The third-order valence-electron chi connectivity index (χ3n) is 3.26. The lowest BCUT2D eigenvalue weighted by Crippen LogP contribution is -2.26. The van der Waals surface area contributed by atoms with E-state index in [9.17, 15) is 14.4 Å². The second kappa shape index (κ2) is 10.7. The maximum Gasteiger partial charge on any atom is 0.434 e. The minimum Gasteiger partial charge on any atom is -0.462 e. The van der Waals surface area contributed by atoms with Gasteiger partial charge in [0, 0.05) is 5.71 Å². The predicted octanol–water partition coefficient (Wildman–Crippen LogP) is 4.73.